The van der Waals surface area contributed by atoms with Crippen LogP contribution < -0.4 is 10.3 Å². The van der Waals surface area contributed by atoms with Crippen molar-refractivity contribution >= 4 is 45.4 Å². The number of aromatic nitrogens is 2. The predicted octanol–water partition coefficient (Wildman–Crippen LogP) is 3.77. The van der Waals surface area contributed by atoms with Gasteiger partial charge in [0.1, 0.15) is 10.4 Å². The predicted molar refractivity (Wildman–Crippen MR) is 84.2 cm³/mol. The largest absolute Gasteiger partial charge is 0.497 e. The van der Waals surface area contributed by atoms with E-state index in [1.165, 1.54) is 15.9 Å². The fourth-order valence-corrected chi connectivity index (χ4v) is 3.22. The van der Waals surface area contributed by atoms with Crippen molar-refractivity contribution in [2.45, 2.75) is 0 Å². The Hall–Kier alpha value is -1.63. The van der Waals surface area contributed by atoms with E-state index < -0.39 is 0 Å². The molecule has 0 radical (unpaired) electrons. The van der Waals surface area contributed by atoms with E-state index in [2.05, 4.69) is 4.98 Å². The zero-order valence-corrected chi connectivity index (χ0v) is 12.7. The van der Waals surface area contributed by atoms with Crippen LogP contribution in [0, 0.1) is 4.77 Å². The van der Waals surface area contributed by atoms with Gasteiger partial charge in [-0.2, -0.15) is 0 Å². The monoisotopic (exact) mass is 324 g/mol. The molecule has 2 heterocycles. The maximum atomic E-state index is 12.5. The van der Waals surface area contributed by atoms with Crippen LogP contribution in [0.5, 0.6) is 5.75 Å². The fourth-order valence-electron chi connectivity index (χ4n) is 1.95. The molecule has 0 spiro atoms. The summed E-state index contributed by atoms with van der Waals surface area (Å²) in [6, 6.07) is 6.92. The van der Waals surface area contributed by atoms with E-state index in [1.54, 1.807) is 25.3 Å². The number of ether oxygens (including phenoxy) is 1. The Morgan fingerprint density at radius 3 is 2.95 bits per heavy atom. The Morgan fingerprint density at radius 1 is 1.40 bits per heavy atom. The Labute approximate surface area is 128 Å². The minimum absolute atomic E-state index is 0.186. The number of hydrogen-bond acceptors (Lipinski definition) is 4. The van der Waals surface area contributed by atoms with Crippen LogP contribution in [0.2, 0.25) is 5.02 Å². The lowest BCUT2D eigenvalue weighted by Gasteiger charge is -2.10. The number of rotatable bonds is 2. The summed E-state index contributed by atoms with van der Waals surface area (Å²) in [5, 5.41) is 2.28. The van der Waals surface area contributed by atoms with Gasteiger partial charge < -0.3 is 9.72 Å². The molecule has 0 aliphatic heterocycles. The smallest absolute Gasteiger partial charge is 0.276 e. The van der Waals surface area contributed by atoms with Gasteiger partial charge in [-0.15, -0.1) is 11.3 Å². The molecule has 0 saturated heterocycles. The minimum Gasteiger partial charge on any atom is -0.497 e. The summed E-state index contributed by atoms with van der Waals surface area (Å²) in [6.45, 7) is 0. The number of benzene rings is 1. The van der Waals surface area contributed by atoms with Gasteiger partial charge in [0.15, 0.2) is 4.77 Å². The third-order valence-corrected chi connectivity index (χ3v) is 4.41. The third kappa shape index (κ3) is 2.06. The molecule has 20 heavy (non-hydrogen) atoms. The number of hydrogen-bond donors (Lipinski definition) is 1. The average Bonchev–Trinajstić information content (AvgIpc) is 2.89. The molecule has 3 aromatic rings. The molecule has 1 N–H and O–H groups in total. The average molecular weight is 325 g/mol. The molecule has 4 nitrogen and oxygen atoms in total. The van der Waals surface area contributed by atoms with Crippen molar-refractivity contribution in [2.24, 2.45) is 0 Å². The number of nitrogens with one attached hydrogen (secondary N) is 1. The lowest BCUT2D eigenvalue weighted by atomic mass is 10.3. The number of fused-ring (bicyclic) bond motifs is 1. The maximum absolute atomic E-state index is 12.5. The van der Waals surface area contributed by atoms with Crippen LogP contribution in [0.25, 0.3) is 15.9 Å². The van der Waals surface area contributed by atoms with E-state index in [1.807, 2.05) is 11.4 Å². The SMILES string of the molecule is COc1ccc(Cl)c(-n2c(=S)[nH]c3ccsc3c2=O)c1. The van der Waals surface area contributed by atoms with Gasteiger partial charge in [-0.3, -0.25) is 9.36 Å². The zero-order chi connectivity index (χ0) is 14.3. The Balaban J connectivity index is 2.40. The summed E-state index contributed by atoms with van der Waals surface area (Å²) in [5.41, 5.74) is 1.06. The number of aromatic amines is 1. The highest BCUT2D eigenvalue weighted by atomic mass is 35.5. The third-order valence-electron chi connectivity index (χ3n) is 2.90. The van der Waals surface area contributed by atoms with Crippen LogP contribution in [0.1, 0.15) is 0 Å². The summed E-state index contributed by atoms with van der Waals surface area (Å²) < 4.78 is 7.47. The normalized spacial score (nSPS) is 10.9. The highest BCUT2D eigenvalue weighted by molar-refractivity contribution is 7.71. The van der Waals surface area contributed by atoms with Crippen molar-refractivity contribution < 1.29 is 4.74 Å². The van der Waals surface area contributed by atoms with Gasteiger partial charge in [0.05, 0.1) is 23.3 Å². The minimum atomic E-state index is -0.186. The Morgan fingerprint density at radius 2 is 2.20 bits per heavy atom. The van der Waals surface area contributed by atoms with Crippen LogP contribution in [0.4, 0.5) is 0 Å². The number of H-pyrrole nitrogens is 1. The van der Waals surface area contributed by atoms with Gasteiger partial charge in [-0.1, -0.05) is 11.6 Å². The molecule has 2 aromatic heterocycles. The topological polar surface area (TPSA) is 47.0 Å². The molecule has 0 bridgehead atoms. The number of halogens is 1. The summed E-state index contributed by atoms with van der Waals surface area (Å²) in [4.78, 5) is 15.6. The quantitative estimate of drug-likeness (QED) is 0.730. The van der Waals surface area contributed by atoms with Crippen LogP contribution in [0.3, 0.4) is 0 Å². The first kappa shape index (κ1) is 13.4. The van der Waals surface area contributed by atoms with Gasteiger partial charge in [-0.05, 0) is 35.8 Å². The lowest BCUT2D eigenvalue weighted by Crippen LogP contribution is -2.19. The molecule has 0 amide bonds. The van der Waals surface area contributed by atoms with Crippen LogP contribution in [-0.4, -0.2) is 16.7 Å². The van der Waals surface area contributed by atoms with Crippen molar-refractivity contribution in [3.05, 3.63) is 49.8 Å². The number of methoxy groups -OCH3 is 1. The van der Waals surface area contributed by atoms with Gasteiger partial charge in [-0.25, -0.2) is 0 Å². The van der Waals surface area contributed by atoms with Gasteiger partial charge in [0.2, 0.25) is 0 Å². The van der Waals surface area contributed by atoms with Crippen molar-refractivity contribution in [1.82, 2.24) is 9.55 Å². The molecule has 0 unspecified atom stereocenters. The first-order valence-electron chi connectivity index (χ1n) is 5.68. The number of nitrogens with zero attached hydrogens (tertiary/aromatic N) is 1. The van der Waals surface area contributed by atoms with Crippen molar-refractivity contribution in [3.63, 3.8) is 0 Å². The molecule has 3 rings (SSSR count). The van der Waals surface area contributed by atoms with E-state index in [0.717, 1.165) is 5.52 Å². The van der Waals surface area contributed by atoms with Crippen LogP contribution in [-0.2, 0) is 0 Å². The summed E-state index contributed by atoms with van der Waals surface area (Å²) >= 11 is 12.8. The van der Waals surface area contributed by atoms with E-state index in [-0.39, 0.29) is 5.56 Å². The zero-order valence-electron chi connectivity index (χ0n) is 10.3. The summed E-state index contributed by atoms with van der Waals surface area (Å²) in [6.07, 6.45) is 0. The fraction of sp³-hybridized carbons (Fsp3) is 0.0769. The van der Waals surface area contributed by atoms with E-state index in [0.29, 0.717) is 25.9 Å². The molecule has 1 aromatic carbocycles. The highest BCUT2D eigenvalue weighted by Crippen LogP contribution is 2.25. The second-order valence-corrected chi connectivity index (χ2v) is 5.76. The molecule has 0 aliphatic rings. The molecule has 0 saturated carbocycles. The Bertz CT molecular complexity index is 911. The van der Waals surface area contributed by atoms with Gasteiger partial charge in [0.25, 0.3) is 5.56 Å². The Kier molecular flexibility index (Phi) is 3.37. The first-order valence-corrected chi connectivity index (χ1v) is 7.35. The number of thiophene rings is 1. The molecular formula is C13H9ClN2O2S2. The van der Waals surface area contributed by atoms with E-state index >= 15 is 0 Å². The second kappa shape index (κ2) is 5.05. The van der Waals surface area contributed by atoms with Gasteiger partial charge >= 0.3 is 0 Å². The standard InChI is InChI=1S/C13H9ClN2O2S2/c1-18-7-2-3-8(14)10(6-7)16-12(17)11-9(4-5-20-11)15-13(16)19/h2-6H,1H3,(H,15,19). The van der Waals surface area contributed by atoms with Crippen molar-refractivity contribution in [3.8, 4) is 11.4 Å². The highest BCUT2D eigenvalue weighted by Gasteiger charge is 2.12. The van der Waals surface area contributed by atoms with Crippen LogP contribution >= 0.6 is 35.2 Å². The van der Waals surface area contributed by atoms with Gasteiger partial charge in [0, 0.05) is 6.07 Å². The summed E-state index contributed by atoms with van der Waals surface area (Å²) in [7, 11) is 1.55. The molecule has 0 fully saturated rings. The van der Waals surface area contributed by atoms with Crippen molar-refractivity contribution in [1.29, 1.82) is 0 Å². The molecule has 102 valence electrons. The maximum Gasteiger partial charge on any atom is 0.276 e. The lowest BCUT2D eigenvalue weighted by molar-refractivity contribution is 0.414. The molecular weight excluding hydrogens is 316 g/mol. The molecule has 0 atom stereocenters. The second-order valence-electron chi connectivity index (χ2n) is 4.05. The van der Waals surface area contributed by atoms with E-state index in [4.69, 9.17) is 28.6 Å². The molecule has 0 aliphatic carbocycles. The first-order chi connectivity index (χ1) is 9.61. The van der Waals surface area contributed by atoms with Crippen molar-refractivity contribution in [2.75, 3.05) is 7.11 Å². The van der Waals surface area contributed by atoms with E-state index in [9.17, 15) is 4.79 Å². The summed E-state index contributed by atoms with van der Waals surface area (Å²) in [5.74, 6) is 0.608. The molecule has 7 heteroatoms. The van der Waals surface area contributed by atoms with Crippen LogP contribution in [0.15, 0.2) is 34.4 Å².